The monoisotopic (exact) mass is 257 g/mol. The van der Waals surface area contributed by atoms with Gasteiger partial charge in [-0.1, -0.05) is 18.2 Å². The Balaban J connectivity index is 2.14. The van der Waals surface area contributed by atoms with Gasteiger partial charge in [-0.15, -0.1) is 0 Å². The largest absolute Gasteiger partial charge is 0.507 e. The second-order valence-electron chi connectivity index (χ2n) is 3.74. The van der Waals surface area contributed by atoms with Gasteiger partial charge in [0.25, 0.3) is 5.69 Å². The molecule has 2 N–H and O–H groups in total. The van der Waals surface area contributed by atoms with E-state index in [1.807, 2.05) is 30.3 Å². The number of hydrogen-bond donors (Lipinski definition) is 2. The maximum absolute atomic E-state index is 10.6. The Hall–Kier alpha value is -2.89. The van der Waals surface area contributed by atoms with Crippen LogP contribution in [0.15, 0.2) is 53.6 Å². The summed E-state index contributed by atoms with van der Waals surface area (Å²) in [6.07, 6.45) is 1.33. The molecule has 0 spiro atoms. The number of rotatable bonds is 4. The predicted octanol–water partition coefficient (Wildman–Crippen LogP) is 2.75. The van der Waals surface area contributed by atoms with Crippen LogP contribution in [0.2, 0.25) is 0 Å². The second-order valence-corrected chi connectivity index (χ2v) is 3.74. The third-order valence-corrected chi connectivity index (χ3v) is 2.39. The summed E-state index contributed by atoms with van der Waals surface area (Å²) in [5.74, 6) is -0.0655. The van der Waals surface area contributed by atoms with E-state index in [9.17, 15) is 15.2 Å². The molecule has 0 aliphatic rings. The van der Waals surface area contributed by atoms with Gasteiger partial charge in [0.05, 0.1) is 16.8 Å². The van der Waals surface area contributed by atoms with Crippen molar-refractivity contribution in [1.29, 1.82) is 0 Å². The number of benzene rings is 2. The van der Waals surface area contributed by atoms with Gasteiger partial charge in [0.1, 0.15) is 5.75 Å². The van der Waals surface area contributed by atoms with Gasteiger partial charge in [-0.25, -0.2) is 0 Å². The Bertz CT molecular complexity index is 612. The topological polar surface area (TPSA) is 87.8 Å². The number of phenols is 1. The first-order chi connectivity index (χ1) is 9.16. The van der Waals surface area contributed by atoms with Gasteiger partial charge in [-0.2, -0.15) is 5.10 Å². The van der Waals surface area contributed by atoms with Gasteiger partial charge in [0, 0.05) is 17.7 Å². The van der Waals surface area contributed by atoms with Crippen LogP contribution in [-0.2, 0) is 0 Å². The van der Waals surface area contributed by atoms with Crippen molar-refractivity contribution >= 4 is 17.6 Å². The highest BCUT2D eigenvalue weighted by Gasteiger charge is 2.08. The number of nitrogens with one attached hydrogen (secondary N) is 1. The van der Waals surface area contributed by atoms with E-state index in [1.54, 1.807) is 0 Å². The summed E-state index contributed by atoms with van der Waals surface area (Å²) < 4.78 is 0. The minimum Gasteiger partial charge on any atom is -0.507 e. The number of nitro groups is 1. The van der Waals surface area contributed by atoms with E-state index >= 15 is 0 Å². The van der Waals surface area contributed by atoms with Gasteiger partial charge >= 0.3 is 0 Å². The maximum Gasteiger partial charge on any atom is 0.270 e. The van der Waals surface area contributed by atoms with E-state index < -0.39 is 4.92 Å². The second kappa shape index (κ2) is 5.63. The Morgan fingerprint density at radius 3 is 2.63 bits per heavy atom. The van der Waals surface area contributed by atoms with E-state index in [1.165, 1.54) is 24.4 Å². The summed E-state index contributed by atoms with van der Waals surface area (Å²) in [7, 11) is 0. The molecule has 2 aromatic carbocycles. The predicted molar refractivity (Wildman–Crippen MR) is 72.4 cm³/mol. The fraction of sp³-hybridized carbons (Fsp3) is 0. The lowest BCUT2D eigenvalue weighted by Gasteiger charge is -2.00. The van der Waals surface area contributed by atoms with Crippen molar-refractivity contribution in [1.82, 2.24) is 0 Å². The van der Waals surface area contributed by atoms with Crippen molar-refractivity contribution in [3.05, 3.63) is 64.2 Å². The average molecular weight is 257 g/mol. The molecule has 6 heteroatoms. The fourth-order valence-electron chi connectivity index (χ4n) is 1.45. The van der Waals surface area contributed by atoms with Crippen molar-refractivity contribution < 1.29 is 10.0 Å². The lowest BCUT2D eigenvalue weighted by atomic mass is 10.2. The Labute approximate surface area is 109 Å². The van der Waals surface area contributed by atoms with Crippen LogP contribution < -0.4 is 5.43 Å². The van der Waals surface area contributed by atoms with Gasteiger partial charge < -0.3 is 5.11 Å². The molecule has 0 aliphatic carbocycles. The van der Waals surface area contributed by atoms with Gasteiger partial charge in [0.15, 0.2) is 0 Å². The van der Waals surface area contributed by atoms with Crippen LogP contribution in [0.3, 0.4) is 0 Å². The Morgan fingerprint density at radius 1 is 1.21 bits per heavy atom. The molecule has 0 radical (unpaired) electrons. The molecule has 2 rings (SSSR count). The molecule has 0 heterocycles. The number of aromatic hydroxyl groups is 1. The molecule has 0 bridgehead atoms. The fourth-order valence-corrected chi connectivity index (χ4v) is 1.45. The van der Waals surface area contributed by atoms with Crippen molar-refractivity contribution in [3.8, 4) is 5.75 Å². The van der Waals surface area contributed by atoms with Gasteiger partial charge in [-0.3, -0.25) is 15.5 Å². The van der Waals surface area contributed by atoms with Crippen LogP contribution in [-0.4, -0.2) is 16.2 Å². The maximum atomic E-state index is 10.6. The number of anilines is 1. The SMILES string of the molecule is O=[N+]([O-])c1ccc(O)c(/C=N\Nc2ccccc2)c1. The minimum absolute atomic E-state index is 0.0655. The van der Waals surface area contributed by atoms with Crippen LogP contribution in [0.1, 0.15) is 5.56 Å². The van der Waals surface area contributed by atoms with E-state index in [0.29, 0.717) is 0 Å². The van der Waals surface area contributed by atoms with E-state index in [4.69, 9.17) is 0 Å². The summed E-state index contributed by atoms with van der Waals surface area (Å²) in [5, 5.41) is 24.1. The molecule has 0 atom stereocenters. The molecule has 0 amide bonds. The van der Waals surface area contributed by atoms with Crippen LogP contribution in [0.25, 0.3) is 0 Å². The van der Waals surface area contributed by atoms with E-state index in [2.05, 4.69) is 10.5 Å². The summed E-state index contributed by atoms with van der Waals surface area (Å²) in [6, 6.07) is 13.0. The van der Waals surface area contributed by atoms with Crippen LogP contribution in [0.5, 0.6) is 5.75 Å². The molecular weight excluding hydrogens is 246 g/mol. The normalized spacial score (nSPS) is 10.5. The number of hydrogen-bond acceptors (Lipinski definition) is 5. The molecule has 6 nitrogen and oxygen atoms in total. The minimum atomic E-state index is -0.526. The van der Waals surface area contributed by atoms with Crippen LogP contribution in [0, 0.1) is 10.1 Å². The zero-order valence-corrected chi connectivity index (χ0v) is 9.85. The summed E-state index contributed by atoms with van der Waals surface area (Å²) in [6.45, 7) is 0. The first-order valence-electron chi connectivity index (χ1n) is 5.48. The molecule has 19 heavy (non-hydrogen) atoms. The number of non-ortho nitro benzene ring substituents is 1. The van der Waals surface area contributed by atoms with Crippen molar-refractivity contribution in [2.45, 2.75) is 0 Å². The van der Waals surface area contributed by atoms with Gasteiger partial charge in [-0.05, 0) is 18.2 Å². The van der Waals surface area contributed by atoms with Crippen LogP contribution in [0.4, 0.5) is 11.4 Å². The standard InChI is InChI=1S/C13H11N3O3/c17-13-7-6-12(16(18)19)8-10(13)9-14-15-11-4-2-1-3-5-11/h1-9,15,17H/b14-9-. The first kappa shape index (κ1) is 12.6. The third-order valence-electron chi connectivity index (χ3n) is 2.39. The van der Waals surface area contributed by atoms with Crippen molar-refractivity contribution in [2.75, 3.05) is 5.43 Å². The number of hydrazone groups is 1. The zero-order chi connectivity index (χ0) is 13.7. The van der Waals surface area contributed by atoms with Gasteiger partial charge in [0.2, 0.25) is 0 Å². The quantitative estimate of drug-likeness (QED) is 0.500. The molecule has 96 valence electrons. The summed E-state index contributed by atoms with van der Waals surface area (Å²) in [4.78, 5) is 10.1. The molecule has 0 aromatic heterocycles. The zero-order valence-electron chi connectivity index (χ0n) is 9.85. The van der Waals surface area contributed by atoms with Crippen molar-refractivity contribution in [2.24, 2.45) is 5.10 Å². The smallest absolute Gasteiger partial charge is 0.270 e. The average Bonchev–Trinajstić information content (AvgIpc) is 2.42. The number of nitrogens with zero attached hydrogens (tertiary/aromatic N) is 2. The van der Waals surface area contributed by atoms with Crippen LogP contribution >= 0.6 is 0 Å². The highest BCUT2D eigenvalue weighted by Crippen LogP contribution is 2.21. The first-order valence-corrected chi connectivity index (χ1v) is 5.48. The van der Waals surface area contributed by atoms with E-state index in [0.717, 1.165) is 5.69 Å². The van der Waals surface area contributed by atoms with E-state index in [-0.39, 0.29) is 17.0 Å². The molecule has 0 saturated heterocycles. The highest BCUT2D eigenvalue weighted by atomic mass is 16.6. The molecule has 0 fully saturated rings. The molecule has 0 unspecified atom stereocenters. The van der Waals surface area contributed by atoms with Crippen molar-refractivity contribution in [3.63, 3.8) is 0 Å². The Morgan fingerprint density at radius 2 is 1.95 bits per heavy atom. The molecule has 0 aliphatic heterocycles. The number of para-hydroxylation sites is 1. The highest BCUT2D eigenvalue weighted by molar-refractivity contribution is 5.84. The summed E-state index contributed by atoms with van der Waals surface area (Å²) in [5.41, 5.74) is 3.72. The molecule has 0 saturated carbocycles. The number of nitro benzene ring substituents is 1. The third kappa shape index (κ3) is 3.29. The molecule has 2 aromatic rings. The number of phenolic OH excluding ortho intramolecular Hbond substituents is 1. The lowest BCUT2D eigenvalue weighted by molar-refractivity contribution is -0.384. The Kier molecular flexibility index (Phi) is 3.72. The molecular formula is C13H11N3O3. The summed E-state index contributed by atoms with van der Waals surface area (Å²) >= 11 is 0. The lowest BCUT2D eigenvalue weighted by Crippen LogP contribution is -1.93.